The molecule has 0 bridgehead atoms. The molecule has 0 atom stereocenters. The number of aromatic nitrogens is 2. The Morgan fingerprint density at radius 3 is 2.76 bits per heavy atom. The average Bonchev–Trinajstić information content (AvgIpc) is 2.82. The standard InChI is InChI=1S/C10H9ClN4O5S/c1-6-13-10(20-14-6)5-12-21(18,19)7-2-3-8(11)9(4-7)15(16)17/h2-4,12H,5H2,1H3. The van der Waals surface area contributed by atoms with Gasteiger partial charge in [0, 0.05) is 6.07 Å². The van der Waals surface area contributed by atoms with Crippen LogP contribution >= 0.6 is 11.6 Å². The first kappa shape index (κ1) is 15.4. The zero-order valence-electron chi connectivity index (χ0n) is 10.6. The molecule has 0 saturated carbocycles. The maximum atomic E-state index is 12.0. The van der Waals surface area contributed by atoms with Gasteiger partial charge in [-0.3, -0.25) is 10.1 Å². The van der Waals surface area contributed by atoms with Crippen LogP contribution < -0.4 is 4.72 Å². The van der Waals surface area contributed by atoms with Crippen LogP contribution in [-0.2, 0) is 16.6 Å². The minimum Gasteiger partial charge on any atom is -0.338 e. The fraction of sp³-hybridized carbons (Fsp3) is 0.200. The molecule has 0 fully saturated rings. The Balaban J connectivity index is 2.23. The monoisotopic (exact) mass is 332 g/mol. The molecule has 0 unspecified atom stereocenters. The number of nitro groups is 1. The lowest BCUT2D eigenvalue weighted by molar-refractivity contribution is -0.384. The van der Waals surface area contributed by atoms with Crippen molar-refractivity contribution >= 4 is 27.3 Å². The number of hydrogen-bond acceptors (Lipinski definition) is 7. The minimum atomic E-state index is -3.96. The summed E-state index contributed by atoms with van der Waals surface area (Å²) in [6, 6.07) is 3.19. The molecule has 1 aromatic carbocycles. The molecule has 1 heterocycles. The van der Waals surface area contributed by atoms with Gasteiger partial charge in [-0.25, -0.2) is 13.1 Å². The Morgan fingerprint density at radius 1 is 1.48 bits per heavy atom. The fourth-order valence-electron chi connectivity index (χ4n) is 1.45. The highest BCUT2D eigenvalue weighted by molar-refractivity contribution is 7.89. The molecule has 11 heteroatoms. The van der Waals surface area contributed by atoms with Crippen LogP contribution in [0.4, 0.5) is 5.69 Å². The maximum absolute atomic E-state index is 12.0. The van der Waals surface area contributed by atoms with E-state index in [0.717, 1.165) is 18.2 Å². The van der Waals surface area contributed by atoms with Crippen molar-refractivity contribution < 1.29 is 17.9 Å². The van der Waals surface area contributed by atoms with Crippen LogP contribution in [0.25, 0.3) is 0 Å². The number of benzene rings is 1. The number of rotatable bonds is 5. The number of sulfonamides is 1. The number of hydrogen-bond donors (Lipinski definition) is 1. The van der Waals surface area contributed by atoms with Crippen LogP contribution in [0.5, 0.6) is 0 Å². The van der Waals surface area contributed by atoms with Crippen LogP contribution in [0.15, 0.2) is 27.6 Å². The van der Waals surface area contributed by atoms with Crippen molar-refractivity contribution in [3.05, 3.63) is 45.1 Å². The molecule has 2 rings (SSSR count). The summed E-state index contributed by atoms with van der Waals surface area (Å²) in [7, 11) is -3.96. The topological polar surface area (TPSA) is 128 Å². The predicted molar refractivity (Wildman–Crippen MR) is 71.2 cm³/mol. The zero-order valence-corrected chi connectivity index (χ0v) is 12.2. The number of nitrogens with zero attached hydrogens (tertiary/aromatic N) is 3. The van der Waals surface area contributed by atoms with E-state index in [1.807, 2.05) is 0 Å². The van der Waals surface area contributed by atoms with Crippen molar-refractivity contribution in [1.29, 1.82) is 0 Å². The molecule has 21 heavy (non-hydrogen) atoms. The van der Waals surface area contributed by atoms with Gasteiger partial charge in [0.15, 0.2) is 5.82 Å². The number of aryl methyl sites for hydroxylation is 1. The molecule has 0 spiro atoms. The molecule has 9 nitrogen and oxygen atoms in total. The molecule has 1 N–H and O–H groups in total. The van der Waals surface area contributed by atoms with Gasteiger partial charge < -0.3 is 4.52 Å². The molecule has 112 valence electrons. The summed E-state index contributed by atoms with van der Waals surface area (Å²) < 4.78 is 31.0. The lowest BCUT2D eigenvalue weighted by Gasteiger charge is -2.05. The smallest absolute Gasteiger partial charge is 0.289 e. The number of nitrogens with one attached hydrogen (secondary N) is 1. The van der Waals surface area contributed by atoms with Gasteiger partial charge in [0.2, 0.25) is 15.9 Å². The highest BCUT2D eigenvalue weighted by Gasteiger charge is 2.21. The predicted octanol–water partition coefficient (Wildman–Crippen LogP) is 1.42. The quantitative estimate of drug-likeness (QED) is 0.647. The largest absolute Gasteiger partial charge is 0.338 e. The van der Waals surface area contributed by atoms with Crippen molar-refractivity contribution in [1.82, 2.24) is 14.9 Å². The number of halogens is 1. The Kier molecular flexibility index (Phi) is 4.21. The van der Waals surface area contributed by atoms with Crippen molar-refractivity contribution in [3.8, 4) is 0 Å². The van der Waals surface area contributed by atoms with Gasteiger partial charge in [-0.05, 0) is 19.1 Å². The van der Waals surface area contributed by atoms with Gasteiger partial charge in [0.05, 0.1) is 16.4 Å². The van der Waals surface area contributed by atoms with Crippen molar-refractivity contribution in [2.24, 2.45) is 0 Å². The number of nitro benzene ring substituents is 1. The van der Waals surface area contributed by atoms with Gasteiger partial charge in [-0.1, -0.05) is 16.8 Å². The first-order valence-corrected chi connectivity index (χ1v) is 7.38. The Bertz CT molecular complexity index is 788. The molecule has 0 amide bonds. The summed E-state index contributed by atoms with van der Waals surface area (Å²) in [5.41, 5.74) is -0.492. The fourth-order valence-corrected chi connectivity index (χ4v) is 2.63. The molecule has 0 saturated heterocycles. The first-order chi connectivity index (χ1) is 9.79. The lowest BCUT2D eigenvalue weighted by Crippen LogP contribution is -2.23. The van der Waals surface area contributed by atoms with E-state index in [0.29, 0.717) is 5.82 Å². The minimum absolute atomic E-state index is 0.0829. The third-order valence-electron chi connectivity index (χ3n) is 2.41. The second-order valence-electron chi connectivity index (χ2n) is 3.93. The second kappa shape index (κ2) is 5.76. The van der Waals surface area contributed by atoms with Gasteiger partial charge in [-0.15, -0.1) is 0 Å². The summed E-state index contributed by atoms with van der Waals surface area (Å²) in [4.78, 5) is 13.5. The summed E-state index contributed by atoms with van der Waals surface area (Å²) in [6.45, 7) is 1.36. The summed E-state index contributed by atoms with van der Waals surface area (Å²) in [6.07, 6.45) is 0. The van der Waals surface area contributed by atoms with Gasteiger partial charge >= 0.3 is 0 Å². The van der Waals surface area contributed by atoms with Gasteiger partial charge in [0.1, 0.15) is 5.02 Å². The van der Waals surface area contributed by atoms with E-state index < -0.39 is 20.6 Å². The summed E-state index contributed by atoms with van der Waals surface area (Å²) >= 11 is 5.63. The lowest BCUT2D eigenvalue weighted by atomic mass is 10.3. The SMILES string of the molecule is Cc1noc(CNS(=O)(=O)c2ccc(Cl)c([N+](=O)[O-])c2)n1. The van der Waals surface area contributed by atoms with Crippen LogP contribution in [-0.4, -0.2) is 23.5 Å². The van der Waals surface area contributed by atoms with E-state index in [1.165, 1.54) is 0 Å². The molecule has 0 aliphatic heterocycles. The van der Waals surface area contributed by atoms with E-state index in [-0.39, 0.29) is 22.4 Å². The van der Waals surface area contributed by atoms with Crippen LogP contribution in [0.1, 0.15) is 11.7 Å². The van der Waals surface area contributed by atoms with Gasteiger partial charge in [-0.2, -0.15) is 4.98 Å². The van der Waals surface area contributed by atoms with Crippen LogP contribution in [0.3, 0.4) is 0 Å². The maximum Gasteiger partial charge on any atom is 0.289 e. The molecular weight excluding hydrogens is 324 g/mol. The summed E-state index contributed by atoms with van der Waals surface area (Å²) in [5, 5.41) is 14.1. The Morgan fingerprint density at radius 2 is 2.19 bits per heavy atom. The van der Waals surface area contributed by atoms with Crippen LogP contribution in [0.2, 0.25) is 5.02 Å². The zero-order chi connectivity index (χ0) is 15.6. The van der Waals surface area contributed by atoms with Crippen molar-refractivity contribution in [2.75, 3.05) is 0 Å². The van der Waals surface area contributed by atoms with Crippen molar-refractivity contribution in [2.45, 2.75) is 18.4 Å². The summed E-state index contributed by atoms with van der Waals surface area (Å²) in [5.74, 6) is 0.450. The van der Waals surface area contributed by atoms with E-state index >= 15 is 0 Å². The van der Waals surface area contributed by atoms with E-state index in [4.69, 9.17) is 16.1 Å². The molecule has 1 aromatic heterocycles. The molecule has 0 radical (unpaired) electrons. The average molecular weight is 333 g/mol. The first-order valence-electron chi connectivity index (χ1n) is 5.52. The molecular formula is C10H9ClN4O5S. The van der Waals surface area contributed by atoms with E-state index in [2.05, 4.69) is 14.9 Å². The molecule has 0 aliphatic rings. The van der Waals surface area contributed by atoms with Crippen LogP contribution in [0, 0.1) is 17.0 Å². The Hall–Kier alpha value is -2.04. The van der Waals surface area contributed by atoms with Crippen molar-refractivity contribution in [3.63, 3.8) is 0 Å². The molecule has 0 aliphatic carbocycles. The Labute approximate surface area is 124 Å². The highest BCUT2D eigenvalue weighted by atomic mass is 35.5. The van der Waals surface area contributed by atoms with Gasteiger partial charge in [0.25, 0.3) is 5.69 Å². The van der Waals surface area contributed by atoms with E-state index in [1.54, 1.807) is 6.92 Å². The third kappa shape index (κ3) is 3.54. The van der Waals surface area contributed by atoms with E-state index in [9.17, 15) is 18.5 Å². The second-order valence-corrected chi connectivity index (χ2v) is 6.10. The molecule has 2 aromatic rings. The normalized spacial score (nSPS) is 11.5. The third-order valence-corrected chi connectivity index (χ3v) is 4.13. The highest BCUT2D eigenvalue weighted by Crippen LogP contribution is 2.26.